The van der Waals surface area contributed by atoms with Gasteiger partial charge in [0.25, 0.3) is 5.91 Å². The Morgan fingerprint density at radius 1 is 1.44 bits per heavy atom. The number of fused-ring (bicyclic) bond motifs is 1. The highest BCUT2D eigenvalue weighted by molar-refractivity contribution is 5.94. The molecular formula is C14H19NO3. The van der Waals surface area contributed by atoms with Gasteiger partial charge in [0.05, 0.1) is 12.7 Å². The molecule has 1 atom stereocenters. The van der Waals surface area contributed by atoms with Crippen molar-refractivity contribution in [3.63, 3.8) is 0 Å². The van der Waals surface area contributed by atoms with Gasteiger partial charge in [-0.25, -0.2) is 0 Å². The van der Waals surface area contributed by atoms with E-state index in [0.29, 0.717) is 5.56 Å². The first kappa shape index (κ1) is 13.1. The monoisotopic (exact) mass is 249 g/mol. The number of benzene rings is 1. The lowest BCUT2D eigenvalue weighted by Crippen LogP contribution is -2.34. The molecule has 1 aliphatic carbocycles. The fraction of sp³-hybridized carbons (Fsp3) is 0.500. The zero-order valence-electron chi connectivity index (χ0n) is 10.6. The highest BCUT2D eigenvalue weighted by Crippen LogP contribution is 2.22. The minimum absolute atomic E-state index is 0.139. The Kier molecular flexibility index (Phi) is 4.33. The Bertz CT molecular complexity index is 431. The van der Waals surface area contributed by atoms with Crippen LogP contribution in [0.4, 0.5) is 0 Å². The molecule has 0 aliphatic heterocycles. The molecule has 2 rings (SSSR count). The van der Waals surface area contributed by atoms with Crippen molar-refractivity contribution in [2.75, 3.05) is 20.3 Å². The highest BCUT2D eigenvalue weighted by Gasteiger charge is 2.14. The summed E-state index contributed by atoms with van der Waals surface area (Å²) in [6.07, 6.45) is 2.69. The van der Waals surface area contributed by atoms with Crippen LogP contribution in [0.2, 0.25) is 0 Å². The second-order valence-corrected chi connectivity index (χ2v) is 4.66. The molecule has 0 fully saturated rings. The van der Waals surface area contributed by atoms with E-state index in [1.807, 2.05) is 18.2 Å². The van der Waals surface area contributed by atoms with E-state index in [-0.39, 0.29) is 19.1 Å². The third-order valence-electron chi connectivity index (χ3n) is 3.22. The van der Waals surface area contributed by atoms with E-state index in [1.54, 1.807) is 0 Å². The van der Waals surface area contributed by atoms with Crippen molar-refractivity contribution in [3.05, 3.63) is 34.9 Å². The minimum Gasteiger partial charge on any atom is -0.389 e. The number of nitrogens with one attached hydrogen (secondary N) is 1. The maximum atomic E-state index is 11.9. The van der Waals surface area contributed by atoms with E-state index in [4.69, 9.17) is 4.74 Å². The van der Waals surface area contributed by atoms with Gasteiger partial charge < -0.3 is 15.2 Å². The summed E-state index contributed by atoms with van der Waals surface area (Å²) in [5, 5.41) is 12.2. The maximum Gasteiger partial charge on any atom is 0.251 e. The van der Waals surface area contributed by atoms with E-state index in [2.05, 4.69) is 5.32 Å². The molecule has 1 aromatic carbocycles. The standard InChI is InChI=1S/C14H19NO3/c1-18-9-13(16)8-15-14(17)12-6-5-10-3-2-4-11(10)7-12/h5-7,13,16H,2-4,8-9H2,1H3,(H,15,17). The van der Waals surface area contributed by atoms with E-state index >= 15 is 0 Å². The van der Waals surface area contributed by atoms with Crippen LogP contribution >= 0.6 is 0 Å². The van der Waals surface area contributed by atoms with Gasteiger partial charge in [-0.1, -0.05) is 6.07 Å². The summed E-state index contributed by atoms with van der Waals surface area (Å²) in [7, 11) is 1.52. The van der Waals surface area contributed by atoms with Crippen LogP contribution in [0.15, 0.2) is 18.2 Å². The summed E-state index contributed by atoms with van der Waals surface area (Å²) in [6, 6.07) is 5.84. The van der Waals surface area contributed by atoms with Crippen molar-refractivity contribution in [1.82, 2.24) is 5.32 Å². The molecule has 0 bridgehead atoms. The van der Waals surface area contributed by atoms with E-state index in [9.17, 15) is 9.90 Å². The van der Waals surface area contributed by atoms with Gasteiger partial charge in [0.15, 0.2) is 0 Å². The van der Waals surface area contributed by atoms with Gasteiger partial charge in [-0.2, -0.15) is 0 Å². The van der Waals surface area contributed by atoms with E-state index in [1.165, 1.54) is 24.7 Å². The molecule has 1 unspecified atom stereocenters. The predicted molar refractivity (Wildman–Crippen MR) is 68.7 cm³/mol. The molecule has 0 spiro atoms. The molecule has 0 radical (unpaired) electrons. The quantitative estimate of drug-likeness (QED) is 0.815. The Hall–Kier alpha value is -1.39. The maximum absolute atomic E-state index is 11.9. The Labute approximate surface area is 107 Å². The van der Waals surface area contributed by atoms with Crippen LogP contribution in [0.1, 0.15) is 27.9 Å². The van der Waals surface area contributed by atoms with Crippen molar-refractivity contribution in [3.8, 4) is 0 Å². The second-order valence-electron chi connectivity index (χ2n) is 4.66. The number of methoxy groups -OCH3 is 1. The predicted octanol–water partition coefficient (Wildman–Crippen LogP) is 0.912. The first-order valence-corrected chi connectivity index (χ1v) is 6.27. The molecule has 4 nitrogen and oxygen atoms in total. The molecule has 1 aliphatic rings. The van der Waals surface area contributed by atoms with Crippen LogP contribution in [-0.2, 0) is 17.6 Å². The summed E-state index contributed by atoms with van der Waals surface area (Å²) in [4.78, 5) is 11.9. The number of carbonyl (C=O) groups excluding carboxylic acids is 1. The summed E-state index contributed by atoms with van der Waals surface area (Å²) in [5.74, 6) is -0.139. The largest absolute Gasteiger partial charge is 0.389 e. The Balaban J connectivity index is 1.93. The number of carbonyl (C=O) groups is 1. The molecule has 0 heterocycles. The summed E-state index contributed by atoms with van der Waals surface area (Å²) < 4.78 is 4.80. The van der Waals surface area contributed by atoms with Crippen molar-refractivity contribution >= 4 is 5.91 Å². The molecule has 1 amide bonds. The third kappa shape index (κ3) is 3.09. The van der Waals surface area contributed by atoms with Gasteiger partial charge in [0, 0.05) is 19.2 Å². The normalized spacial score (nSPS) is 15.2. The van der Waals surface area contributed by atoms with Crippen LogP contribution in [0.25, 0.3) is 0 Å². The second kappa shape index (κ2) is 5.98. The van der Waals surface area contributed by atoms with Crippen molar-refractivity contribution in [2.24, 2.45) is 0 Å². The van der Waals surface area contributed by atoms with Gasteiger partial charge in [0.1, 0.15) is 0 Å². The first-order valence-electron chi connectivity index (χ1n) is 6.27. The number of rotatable bonds is 5. The van der Waals surface area contributed by atoms with Gasteiger partial charge in [-0.05, 0) is 42.5 Å². The number of ether oxygens (including phenoxy) is 1. The molecule has 4 heteroatoms. The summed E-state index contributed by atoms with van der Waals surface area (Å²) >= 11 is 0. The third-order valence-corrected chi connectivity index (χ3v) is 3.22. The lowest BCUT2D eigenvalue weighted by atomic mass is 10.1. The minimum atomic E-state index is -0.659. The fourth-order valence-electron chi connectivity index (χ4n) is 2.28. The lowest BCUT2D eigenvalue weighted by Gasteiger charge is -2.11. The summed E-state index contributed by atoms with van der Waals surface area (Å²) in [5.41, 5.74) is 3.30. The van der Waals surface area contributed by atoms with Gasteiger partial charge >= 0.3 is 0 Å². The number of aryl methyl sites for hydroxylation is 2. The number of amides is 1. The molecule has 18 heavy (non-hydrogen) atoms. The zero-order valence-corrected chi connectivity index (χ0v) is 10.6. The lowest BCUT2D eigenvalue weighted by molar-refractivity contribution is 0.0610. The molecule has 0 aromatic heterocycles. The fourth-order valence-corrected chi connectivity index (χ4v) is 2.28. The number of hydrogen-bond acceptors (Lipinski definition) is 3. The van der Waals surface area contributed by atoms with E-state index in [0.717, 1.165) is 12.8 Å². The van der Waals surface area contributed by atoms with Crippen molar-refractivity contribution in [2.45, 2.75) is 25.4 Å². The topological polar surface area (TPSA) is 58.6 Å². The van der Waals surface area contributed by atoms with Crippen LogP contribution in [-0.4, -0.2) is 37.4 Å². The van der Waals surface area contributed by atoms with Crippen LogP contribution in [0, 0.1) is 0 Å². The van der Waals surface area contributed by atoms with Crippen molar-refractivity contribution < 1.29 is 14.6 Å². The van der Waals surface area contributed by atoms with Crippen LogP contribution in [0.5, 0.6) is 0 Å². The number of aliphatic hydroxyl groups excluding tert-OH is 1. The van der Waals surface area contributed by atoms with Gasteiger partial charge in [-0.3, -0.25) is 4.79 Å². The molecule has 2 N–H and O–H groups in total. The summed E-state index contributed by atoms with van der Waals surface area (Å²) in [6.45, 7) is 0.439. The average Bonchev–Trinajstić information content (AvgIpc) is 2.83. The zero-order chi connectivity index (χ0) is 13.0. The SMILES string of the molecule is COCC(O)CNC(=O)c1ccc2c(c1)CCC2. The molecule has 0 saturated heterocycles. The molecule has 0 saturated carbocycles. The molecule has 1 aromatic rings. The highest BCUT2D eigenvalue weighted by atomic mass is 16.5. The van der Waals surface area contributed by atoms with Crippen LogP contribution in [0.3, 0.4) is 0 Å². The van der Waals surface area contributed by atoms with Crippen LogP contribution < -0.4 is 5.32 Å². The van der Waals surface area contributed by atoms with Gasteiger partial charge in [0.2, 0.25) is 0 Å². The molecular weight excluding hydrogens is 230 g/mol. The Morgan fingerprint density at radius 2 is 2.22 bits per heavy atom. The first-order chi connectivity index (χ1) is 8.70. The Morgan fingerprint density at radius 3 is 3.00 bits per heavy atom. The number of aliphatic hydroxyl groups is 1. The van der Waals surface area contributed by atoms with E-state index < -0.39 is 6.10 Å². The smallest absolute Gasteiger partial charge is 0.251 e. The van der Waals surface area contributed by atoms with Crippen molar-refractivity contribution in [1.29, 1.82) is 0 Å². The molecule has 98 valence electrons. The average molecular weight is 249 g/mol. The van der Waals surface area contributed by atoms with Gasteiger partial charge in [-0.15, -0.1) is 0 Å². The number of hydrogen-bond donors (Lipinski definition) is 2.